The molecule has 0 fully saturated rings. The number of allylic oxidation sites excluding steroid dienone is 2. The average Bonchev–Trinajstić information content (AvgIpc) is 3.25. The summed E-state index contributed by atoms with van der Waals surface area (Å²) < 4.78 is 5.73. The van der Waals surface area contributed by atoms with Gasteiger partial charge in [0.15, 0.2) is 0 Å². The Bertz CT molecular complexity index is 1020. The number of hydrogen-bond donors (Lipinski definition) is 0. The first-order chi connectivity index (χ1) is 13.8. The summed E-state index contributed by atoms with van der Waals surface area (Å²) in [5.41, 5.74) is 5.88. The number of nitrogens with zero attached hydrogens (tertiary/aromatic N) is 1. The van der Waals surface area contributed by atoms with E-state index < -0.39 is 0 Å². The van der Waals surface area contributed by atoms with Crippen LogP contribution in [0.4, 0.5) is 5.69 Å². The molecule has 28 heavy (non-hydrogen) atoms. The summed E-state index contributed by atoms with van der Waals surface area (Å²) in [5.74, 6) is 0. The van der Waals surface area contributed by atoms with Crippen LogP contribution in [-0.2, 0) is 16.6 Å². The topological polar surface area (TPSA) is 12.5 Å². The molecule has 0 saturated heterocycles. The molecule has 0 saturated carbocycles. The molecule has 0 N–H and O–H groups in total. The summed E-state index contributed by atoms with van der Waals surface area (Å²) in [4.78, 5) is 2.54. The first-order valence-electron chi connectivity index (χ1n) is 10.5. The monoisotopic (exact) mass is 369 g/mol. The van der Waals surface area contributed by atoms with E-state index in [-0.39, 0.29) is 5.41 Å². The molecule has 2 aliphatic rings. The predicted molar refractivity (Wildman–Crippen MR) is 117 cm³/mol. The minimum Gasteiger partial charge on any atom is -0.380 e. The quantitative estimate of drug-likeness (QED) is 0.505. The van der Waals surface area contributed by atoms with Gasteiger partial charge in [-0.25, -0.2) is 0 Å². The highest BCUT2D eigenvalue weighted by Crippen LogP contribution is 2.57. The summed E-state index contributed by atoms with van der Waals surface area (Å²) in [6.07, 6.45) is 5.87. The van der Waals surface area contributed by atoms with Crippen molar-refractivity contribution in [1.29, 1.82) is 0 Å². The highest BCUT2D eigenvalue weighted by atomic mass is 16.5. The molecular weight excluding hydrogens is 342 g/mol. The van der Waals surface area contributed by atoms with Gasteiger partial charge < -0.3 is 9.64 Å². The van der Waals surface area contributed by atoms with Gasteiger partial charge in [0, 0.05) is 30.0 Å². The van der Waals surface area contributed by atoms with Crippen molar-refractivity contribution in [2.75, 3.05) is 24.7 Å². The average molecular weight is 370 g/mol. The maximum absolute atomic E-state index is 5.73. The van der Waals surface area contributed by atoms with Crippen molar-refractivity contribution in [2.45, 2.75) is 31.6 Å². The molecule has 1 unspecified atom stereocenters. The first-order valence-corrected chi connectivity index (χ1v) is 10.5. The lowest BCUT2D eigenvalue weighted by Crippen LogP contribution is -2.32. The van der Waals surface area contributed by atoms with E-state index in [0.29, 0.717) is 0 Å². The minimum absolute atomic E-state index is 0.0732. The summed E-state index contributed by atoms with van der Waals surface area (Å²) in [6, 6.07) is 24.5. The zero-order valence-electron chi connectivity index (χ0n) is 16.5. The lowest BCUT2D eigenvalue weighted by molar-refractivity contribution is 0.154. The van der Waals surface area contributed by atoms with E-state index in [1.165, 1.54) is 39.7 Å². The Labute approximate surface area is 167 Å². The van der Waals surface area contributed by atoms with Gasteiger partial charge in [-0.1, -0.05) is 66.7 Å². The van der Waals surface area contributed by atoms with Gasteiger partial charge >= 0.3 is 0 Å². The van der Waals surface area contributed by atoms with Crippen LogP contribution in [0.15, 0.2) is 78.5 Å². The number of fused-ring (bicyclic) bond motifs is 5. The molecule has 1 heterocycles. The van der Waals surface area contributed by atoms with E-state index in [4.69, 9.17) is 4.74 Å². The van der Waals surface area contributed by atoms with Gasteiger partial charge in [0.25, 0.3) is 0 Å². The fraction of sp³-hybridized carbons (Fsp3) is 0.308. The molecule has 2 heteroatoms. The molecule has 0 spiro atoms. The van der Waals surface area contributed by atoms with Gasteiger partial charge in [-0.3, -0.25) is 0 Å². The minimum atomic E-state index is 0.0732. The smallest absolute Gasteiger partial charge is 0.0645 e. The third-order valence-electron chi connectivity index (χ3n) is 6.38. The van der Waals surface area contributed by atoms with Crippen molar-refractivity contribution < 1.29 is 4.74 Å². The normalized spacial score (nSPS) is 20.3. The molecule has 0 aromatic heterocycles. The van der Waals surface area contributed by atoms with Crippen molar-refractivity contribution >= 4 is 16.5 Å². The molecule has 3 aromatic rings. The molecule has 1 atom stereocenters. The van der Waals surface area contributed by atoms with E-state index in [0.717, 1.165) is 32.6 Å². The highest BCUT2D eigenvalue weighted by molar-refractivity contribution is 5.95. The van der Waals surface area contributed by atoms with Crippen LogP contribution in [0.5, 0.6) is 0 Å². The summed E-state index contributed by atoms with van der Waals surface area (Å²) in [7, 11) is 0. The lowest BCUT2D eigenvalue weighted by Gasteiger charge is -2.30. The SMILES string of the molecule is CCOCCN1C2=CCCC2(Cc2ccccc2)c2c1ccc1ccccc21. The predicted octanol–water partition coefficient (Wildman–Crippen LogP) is 5.85. The molecule has 2 nitrogen and oxygen atoms in total. The summed E-state index contributed by atoms with van der Waals surface area (Å²) in [6.45, 7) is 4.52. The van der Waals surface area contributed by atoms with Gasteiger partial charge in [-0.15, -0.1) is 0 Å². The molecule has 1 aliphatic heterocycles. The van der Waals surface area contributed by atoms with E-state index in [1.54, 1.807) is 0 Å². The molecule has 0 radical (unpaired) electrons. The Hall–Kier alpha value is -2.58. The zero-order valence-corrected chi connectivity index (χ0v) is 16.5. The van der Waals surface area contributed by atoms with Crippen LogP contribution in [0.3, 0.4) is 0 Å². The largest absolute Gasteiger partial charge is 0.380 e. The van der Waals surface area contributed by atoms with Crippen LogP contribution in [0.1, 0.15) is 30.9 Å². The molecule has 0 bridgehead atoms. The highest BCUT2D eigenvalue weighted by Gasteiger charge is 2.49. The Balaban J connectivity index is 1.68. The molecule has 5 rings (SSSR count). The maximum atomic E-state index is 5.73. The maximum Gasteiger partial charge on any atom is 0.0645 e. The van der Waals surface area contributed by atoms with Crippen molar-refractivity contribution in [3.63, 3.8) is 0 Å². The van der Waals surface area contributed by atoms with Crippen molar-refractivity contribution in [2.24, 2.45) is 0 Å². The van der Waals surface area contributed by atoms with E-state index in [2.05, 4.69) is 84.6 Å². The molecule has 142 valence electrons. The number of ether oxygens (including phenoxy) is 1. The van der Waals surface area contributed by atoms with Crippen LogP contribution in [0.2, 0.25) is 0 Å². The van der Waals surface area contributed by atoms with Crippen molar-refractivity contribution in [3.8, 4) is 0 Å². The molecule has 0 amide bonds. The van der Waals surface area contributed by atoms with Crippen molar-refractivity contribution in [3.05, 3.63) is 89.6 Å². The second-order valence-electron chi connectivity index (χ2n) is 7.90. The standard InChI is InChI=1S/C26H27NO/c1-2-28-18-17-27-23-15-14-21-11-6-7-12-22(21)25(23)26(16-8-13-24(26)27)19-20-9-4-3-5-10-20/h3-7,9-15H,2,8,16-19H2,1H3. The zero-order chi connectivity index (χ0) is 19.0. The van der Waals surface area contributed by atoms with Gasteiger partial charge in [0.05, 0.1) is 6.61 Å². The van der Waals surface area contributed by atoms with E-state index in [1.807, 2.05) is 0 Å². The van der Waals surface area contributed by atoms with Crippen LogP contribution in [-0.4, -0.2) is 19.8 Å². The number of rotatable bonds is 6. The van der Waals surface area contributed by atoms with Crippen LogP contribution in [0, 0.1) is 0 Å². The third kappa shape index (κ3) is 2.67. The number of anilines is 1. The fourth-order valence-corrected chi connectivity index (χ4v) is 5.27. The summed E-state index contributed by atoms with van der Waals surface area (Å²) in [5, 5.41) is 2.74. The Morgan fingerprint density at radius 2 is 1.79 bits per heavy atom. The molecule has 3 aromatic carbocycles. The van der Waals surface area contributed by atoms with E-state index in [9.17, 15) is 0 Å². The van der Waals surface area contributed by atoms with E-state index >= 15 is 0 Å². The Kier molecular flexibility index (Phi) is 4.44. The fourth-order valence-electron chi connectivity index (χ4n) is 5.27. The Morgan fingerprint density at radius 3 is 2.64 bits per heavy atom. The number of hydrogen-bond acceptors (Lipinski definition) is 2. The van der Waals surface area contributed by atoms with Gasteiger partial charge in [0.1, 0.15) is 0 Å². The summed E-state index contributed by atoms with van der Waals surface area (Å²) >= 11 is 0. The van der Waals surface area contributed by atoms with Crippen LogP contribution in [0.25, 0.3) is 10.8 Å². The van der Waals surface area contributed by atoms with Gasteiger partial charge in [-0.2, -0.15) is 0 Å². The Morgan fingerprint density at radius 1 is 0.964 bits per heavy atom. The van der Waals surface area contributed by atoms with Gasteiger partial charge in [-0.05, 0) is 54.2 Å². The second kappa shape index (κ2) is 7.10. The van der Waals surface area contributed by atoms with Crippen molar-refractivity contribution in [1.82, 2.24) is 0 Å². The van der Waals surface area contributed by atoms with Gasteiger partial charge in [0.2, 0.25) is 0 Å². The lowest BCUT2D eigenvalue weighted by atomic mass is 9.73. The first kappa shape index (κ1) is 17.5. The third-order valence-corrected chi connectivity index (χ3v) is 6.38. The van der Waals surface area contributed by atoms with Crippen LogP contribution < -0.4 is 4.90 Å². The molecular formula is C26H27NO. The van der Waals surface area contributed by atoms with Crippen LogP contribution >= 0.6 is 0 Å². The second-order valence-corrected chi connectivity index (χ2v) is 7.90. The molecule has 1 aliphatic carbocycles. The number of benzene rings is 3.